The summed E-state index contributed by atoms with van der Waals surface area (Å²) in [7, 11) is 0. The zero-order chi connectivity index (χ0) is 14.6. The Bertz CT molecular complexity index is 521. The number of carbonyl (C=O) groups excluding carboxylic acids is 1. The average Bonchev–Trinajstić information content (AvgIpc) is 2.29. The van der Waals surface area contributed by atoms with Crippen LogP contribution in [0.2, 0.25) is 10.3 Å². The Hall–Kier alpha value is -1.93. The van der Waals surface area contributed by atoms with E-state index in [1.54, 1.807) is 0 Å². The second-order valence-electron chi connectivity index (χ2n) is 3.32. The molecule has 0 unspecified atom stereocenters. The van der Waals surface area contributed by atoms with E-state index in [0.29, 0.717) is 4.90 Å². The molecule has 0 radical (unpaired) electrons. The number of aromatic nitrogens is 2. The lowest BCUT2D eigenvalue weighted by Gasteiger charge is -2.18. The Morgan fingerprint density at radius 2 is 1.63 bits per heavy atom. The molecule has 0 bridgehead atoms. The number of carbonyl (C=O) groups is 3. The van der Waals surface area contributed by atoms with E-state index >= 15 is 0 Å². The number of aliphatic carboxylic acids is 2. The van der Waals surface area contributed by atoms with E-state index in [1.165, 1.54) is 0 Å². The molecule has 8 nitrogen and oxygen atoms in total. The summed E-state index contributed by atoms with van der Waals surface area (Å²) in [5, 5.41) is 23.6. The Morgan fingerprint density at radius 3 is 2.11 bits per heavy atom. The van der Waals surface area contributed by atoms with E-state index in [2.05, 4.69) is 10.2 Å². The minimum atomic E-state index is -1.36. The second kappa shape index (κ2) is 6.30. The molecule has 1 rings (SSSR count). The van der Waals surface area contributed by atoms with Gasteiger partial charge in [0.15, 0.2) is 10.3 Å². The molecule has 0 atom stereocenters. The molecule has 0 aliphatic rings. The maximum Gasteiger partial charge on any atom is 0.323 e. The zero-order valence-electron chi connectivity index (χ0n) is 9.21. The Morgan fingerprint density at radius 1 is 1.11 bits per heavy atom. The topological polar surface area (TPSA) is 121 Å². The molecule has 0 saturated carbocycles. The zero-order valence-corrected chi connectivity index (χ0v) is 10.7. The lowest BCUT2D eigenvalue weighted by molar-refractivity contribution is -0.140. The highest BCUT2D eigenvalue weighted by Crippen LogP contribution is 2.17. The summed E-state index contributed by atoms with van der Waals surface area (Å²) < 4.78 is 0. The number of hydrogen-bond acceptors (Lipinski definition) is 5. The van der Waals surface area contributed by atoms with Crippen LogP contribution >= 0.6 is 23.2 Å². The van der Waals surface area contributed by atoms with Crippen LogP contribution in [0.5, 0.6) is 0 Å². The summed E-state index contributed by atoms with van der Waals surface area (Å²) in [6, 6.07) is 1.08. The number of hydrogen-bond donors (Lipinski definition) is 2. The van der Waals surface area contributed by atoms with Gasteiger partial charge >= 0.3 is 11.9 Å². The Kier molecular flexibility index (Phi) is 5.02. The molecule has 0 aliphatic heterocycles. The van der Waals surface area contributed by atoms with Crippen LogP contribution in [0.4, 0.5) is 0 Å². The fourth-order valence-corrected chi connectivity index (χ4v) is 1.52. The van der Waals surface area contributed by atoms with Gasteiger partial charge in [-0.2, -0.15) is 0 Å². The molecule has 1 aromatic rings. The van der Waals surface area contributed by atoms with E-state index in [4.69, 9.17) is 33.4 Å². The van der Waals surface area contributed by atoms with Crippen LogP contribution in [0.15, 0.2) is 6.07 Å². The van der Waals surface area contributed by atoms with Crippen LogP contribution in [0.1, 0.15) is 10.4 Å². The summed E-state index contributed by atoms with van der Waals surface area (Å²) in [6.07, 6.45) is 0. The van der Waals surface area contributed by atoms with E-state index in [-0.39, 0.29) is 15.9 Å². The van der Waals surface area contributed by atoms with E-state index < -0.39 is 30.9 Å². The van der Waals surface area contributed by atoms with Gasteiger partial charge in [0, 0.05) is 0 Å². The number of rotatable bonds is 5. The molecule has 0 spiro atoms. The average molecular weight is 308 g/mol. The highest BCUT2D eigenvalue weighted by Gasteiger charge is 2.24. The quantitative estimate of drug-likeness (QED) is 0.807. The number of nitrogens with zero attached hydrogens (tertiary/aromatic N) is 3. The van der Waals surface area contributed by atoms with Crippen molar-refractivity contribution >= 4 is 41.0 Å². The van der Waals surface area contributed by atoms with Gasteiger partial charge in [0.2, 0.25) is 0 Å². The minimum absolute atomic E-state index is 0.127. The maximum absolute atomic E-state index is 12.0. The molecule has 102 valence electrons. The Balaban J connectivity index is 3.07. The van der Waals surface area contributed by atoms with Crippen molar-refractivity contribution in [1.29, 1.82) is 0 Å². The second-order valence-corrected chi connectivity index (χ2v) is 4.07. The van der Waals surface area contributed by atoms with Gasteiger partial charge in [0.25, 0.3) is 5.91 Å². The van der Waals surface area contributed by atoms with Crippen molar-refractivity contribution in [3.8, 4) is 0 Å². The molecule has 0 aliphatic carbocycles. The molecule has 2 N–H and O–H groups in total. The molecule has 1 aromatic heterocycles. The maximum atomic E-state index is 12.0. The first-order chi connectivity index (χ1) is 8.81. The summed E-state index contributed by atoms with van der Waals surface area (Å²) in [6.45, 7) is -1.58. The predicted octanol–water partition coefficient (Wildman–Crippen LogP) is 0.395. The van der Waals surface area contributed by atoms with Gasteiger partial charge in [-0.25, -0.2) is 0 Å². The number of carboxylic acids is 2. The smallest absolute Gasteiger partial charge is 0.323 e. The largest absolute Gasteiger partial charge is 0.480 e. The molecular formula is C9H7Cl2N3O5. The van der Waals surface area contributed by atoms with E-state index in [0.717, 1.165) is 6.07 Å². The molecule has 1 heterocycles. The highest BCUT2D eigenvalue weighted by atomic mass is 35.5. The molecular weight excluding hydrogens is 301 g/mol. The minimum Gasteiger partial charge on any atom is -0.480 e. The van der Waals surface area contributed by atoms with Crippen LogP contribution in [0.25, 0.3) is 0 Å². The summed E-state index contributed by atoms with van der Waals surface area (Å²) >= 11 is 11.2. The van der Waals surface area contributed by atoms with Gasteiger partial charge in [-0.1, -0.05) is 23.2 Å². The third kappa shape index (κ3) is 4.34. The van der Waals surface area contributed by atoms with E-state index in [9.17, 15) is 14.4 Å². The van der Waals surface area contributed by atoms with Gasteiger partial charge in [-0.15, -0.1) is 10.2 Å². The molecule has 10 heteroatoms. The van der Waals surface area contributed by atoms with Crippen molar-refractivity contribution < 1.29 is 24.6 Å². The number of halogens is 2. The van der Waals surface area contributed by atoms with Gasteiger partial charge in [0.05, 0.1) is 5.56 Å². The van der Waals surface area contributed by atoms with Crippen LogP contribution in [-0.4, -0.2) is 56.2 Å². The van der Waals surface area contributed by atoms with Crippen molar-refractivity contribution in [1.82, 2.24) is 15.1 Å². The molecule has 1 amide bonds. The first kappa shape index (κ1) is 15.1. The summed E-state index contributed by atoms with van der Waals surface area (Å²) in [4.78, 5) is 33.8. The number of amides is 1. The standard InChI is InChI=1S/C9H7Cl2N3O5/c10-5-1-4(8(11)13-12-5)9(19)14(2-6(15)16)3-7(17)18/h1H,2-3H2,(H,15,16)(H,17,18). The third-order valence-corrected chi connectivity index (χ3v) is 2.35. The first-order valence-corrected chi connectivity index (χ1v) is 5.48. The fraction of sp³-hybridized carbons (Fsp3) is 0.222. The molecule has 0 fully saturated rings. The van der Waals surface area contributed by atoms with Gasteiger partial charge < -0.3 is 15.1 Å². The normalized spacial score (nSPS) is 10.0. The predicted molar refractivity (Wildman–Crippen MR) is 63.2 cm³/mol. The van der Waals surface area contributed by atoms with Crippen LogP contribution in [0, 0.1) is 0 Å². The summed E-state index contributed by atoms with van der Waals surface area (Å²) in [5.41, 5.74) is -0.218. The third-order valence-electron chi connectivity index (χ3n) is 1.89. The lowest BCUT2D eigenvalue weighted by atomic mass is 10.2. The van der Waals surface area contributed by atoms with Crippen molar-refractivity contribution in [2.75, 3.05) is 13.1 Å². The van der Waals surface area contributed by atoms with Crippen molar-refractivity contribution in [3.63, 3.8) is 0 Å². The summed E-state index contributed by atoms with van der Waals surface area (Å²) in [5.74, 6) is -3.63. The van der Waals surface area contributed by atoms with Crippen molar-refractivity contribution in [2.45, 2.75) is 0 Å². The molecule has 0 saturated heterocycles. The van der Waals surface area contributed by atoms with Crippen LogP contribution in [0.3, 0.4) is 0 Å². The fourth-order valence-electron chi connectivity index (χ4n) is 1.20. The Labute approximate surface area is 116 Å². The van der Waals surface area contributed by atoms with Crippen molar-refractivity contribution in [3.05, 3.63) is 21.9 Å². The molecule has 19 heavy (non-hydrogen) atoms. The van der Waals surface area contributed by atoms with Gasteiger partial charge in [-0.3, -0.25) is 14.4 Å². The van der Waals surface area contributed by atoms with Crippen LogP contribution in [-0.2, 0) is 9.59 Å². The SMILES string of the molecule is O=C(O)CN(CC(=O)O)C(=O)c1cc(Cl)nnc1Cl. The highest BCUT2D eigenvalue weighted by molar-refractivity contribution is 6.34. The lowest BCUT2D eigenvalue weighted by Crippen LogP contribution is -2.39. The number of carboxylic acid groups (broad SMARTS) is 2. The van der Waals surface area contributed by atoms with Gasteiger partial charge in [-0.05, 0) is 6.07 Å². The molecule has 0 aromatic carbocycles. The monoisotopic (exact) mass is 307 g/mol. The van der Waals surface area contributed by atoms with Crippen LogP contribution < -0.4 is 0 Å². The first-order valence-electron chi connectivity index (χ1n) is 4.73. The van der Waals surface area contributed by atoms with Gasteiger partial charge in [0.1, 0.15) is 13.1 Å². The van der Waals surface area contributed by atoms with Crippen molar-refractivity contribution in [2.24, 2.45) is 0 Å². The van der Waals surface area contributed by atoms with E-state index in [1.807, 2.05) is 0 Å².